The third kappa shape index (κ3) is 11.3. The van der Waals surface area contributed by atoms with Crippen LogP contribution in [0.15, 0.2) is 373 Å². The van der Waals surface area contributed by atoms with Crippen molar-refractivity contribution in [2.45, 2.75) is 98.7 Å². The standard InChI is InChI=1S/C60H54N4O.C56H36N4O/c1-2-11-44(12-3-1)60(50-17-10-14-47-46-13-4-9-20-53(46)65-54(47)50)48-15-5-7-18-51(48)64(52-19-8-6-16-49(52)60)45-23-21-43(22-24-45)55-61-56(58-31-37-25-38(32-58)27-39(26-37)33-58)63-57(62-55)59-34-40-28-41(35-59)30-42(29-40)36-59;1-3-18-38(19-4-1)53-57-54(39-20-5-2-6-21-39)59-55(58-53)40-33-35-41(36-34-40)60-49-30-12-10-26-46(49)56(47-27-11-13-31-50(47)60,45-28-15-22-37-17-7-8-23-42(37)45)48-29-16-25-44-43-24-9-14-32-51(43)61-52(44)48/h1-24,37-42H,25-36H2;1-36H. The normalized spacial score (nSPS) is 21.7. The maximum Gasteiger partial charge on any atom is 0.164 e. The number of hydrogen-bond donors (Lipinski definition) is 0. The van der Waals surface area contributed by atoms with Crippen molar-refractivity contribution in [3.8, 4) is 45.6 Å². The minimum Gasteiger partial charge on any atom is -0.456 e. The van der Waals surface area contributed by atoms with Gasteiger partial charge in [-0.1, -0.05) is 279 Å². The lowest BCUT2D eigenvalue weighted by molar-refractivity contribution is -0.0155. The van der Waals surface area contributed by atoms with Gasteiger partial charge in [0, 0.05) is 77.1 Å². The molecule has 0 spiro atoms. The van der Waals surface area contributed by atoms with Crippen LogP contribution in [0.1, 0.15) is 133 Å². The topological polar surface area (TPSA) is 110 Å². The molecule has 8 bridgehead atoms. The summed E-state index contributed by atoms with van der Waals surface area (Å²) in [6, 6.07) is 131. The number of nitrogens with zero attached hydrogens (tertiary/aromatic N) is 8. The second-order valence-corrected chi connectivity index (χ2v) is 37.5. The van der Waals surface area contributed by atoms with Crippen molar-refractivity contribution in [2.75, 3.05) is 9.80 Å². The van der Waals surface area contributed by atoms with E-state index in [0.29, 0.717) is 17.5 Å². The highest BCUT2D eigenvalue weighted by Crippen LogP contribution is 2.66. The molecule has 0 saturated heterocycles. The largest absolute Gasteiger partial charge is 0.456 e. The molecule has 6 heterocycles. The number of fused-ring (bicyclic) bond motifs is 11. The monoisotopic (exact) mass is 1630 g/mol. The van der Waals surface area contributed by atoms with E-state index in [0.717, 1.165) is 164 Å². The van der Waals surface area contributed by atoms with E-state index in [1.807, 2.05) is 66.7 Å². The van der Waals surface area contributed by atoms with Crippen molar-refractivity contribution in [2.24, 2.45) is 35.5 Å². The molecule has 126 heavy (non-hydrogen) atoms. The summed E-state index contributed by atoms with van der Waals surface area (Å²) < 4.78 is 13.8. The van der Waals surface area contributed by atoms with Crippen molar-refractivity contribution in [1.29, 1.82) is 0 Å². The van der Waals surface area contributed by atoms with Crippen molar-refractivity contribution in [1.82, 2.24) is 29.9 Å². The summed E-state index contributed by atoms with van der Waals surface area (Å²) >= 11 is 0. The van der Waals surface area contributed by atoms with Crippen LogP contribution in [-0.4, -0.2) is 29.9 Å². The van der Waals surface area contributed by atoms with Crippen LogP contribution in [0.25, 0.3) is 100 Å². The van der Waals surface area contributed by atoms with Crippen LogP contribution in [-0.2, 0) is 21.7 Å². The minimum absolute atomic E-state index is 0.114. The van der Waals surface area contributed by atoms with Gasteiger partial charge in [0.1, 0.15) is 34.0 Å². The fourth-order valence-corrected chi connectivity index (χ4v) is 26.1. The highest BCUT2D eigenvalue weighted by atomic mass is 16.3. The second kappa shape index (κ2) is 28.7. The molecule has 10 aliphatic rings. The van der Waals surface area contributed by atoms with Crippen molar-refractivity contribution in [3.05, 3.63) is 420 Å². The van der Waals surface area contributed by atoms with Gasteiger partial charge in [-0.2, -0.15) is 0 Å². The third-order valence-electron chi connectivity index (χ3n) is 30.3. The molecule has 0 unspecified atom stereocenters. The first-order valence-corrected chi connectivity index (χ1v) is 45.5. The Hall–Kier alpha value is -14.2. The van der Waals surface area contributed by atoms with E-state index >= 15 is 0 Å². The maximum atomic E-state index is 6.94. The molecule has 8 fully saturated rings. The zero-order valence-corrected chi connectivity index (χ0v) is 70.0. The molecule has 8 aliphatic carbocycles. The average Bonchev–Trinajstić information content (AvgIpc) is 1.21. The Kier molecular flexibility index (Phi) is 16.7. The van der Waals surface area contributed by atoms with Gasteiger partial charge in [-0.05, 0) is 242 Å². The zero-order valence-electron chi connectivity index (χ0n) is 70.0. The number of hydrogen-bond acceptors (Lipinski definition) is 10. The summed E-state index contributed by atoms with van der Waals surface area (Å²) in [6.07, 6.45) is 16.1. The summed E-state index contributed by atoms with van der Waals surface area (Å²) in [6.45, 7) is 0. The van der Waals surface area contributed by atoms with E-state index in [9.17, 15) is 0 Å². The predicted molar refractivity (Wildman–Crippen MR) is 506 cm³/mol. The van der Waals surface area contributed by atoms with Crippen LogP contribution in [0.5, 0.6) is 0 Å². The lowest BCUT2D eigenvalue weighted by Crippen LogP contribution is -2.51. The summed E-state index contributed by atoms with van der Waals surface area (Å²) in [5.41, 5.74) is 22.4. The number of furan rings is 2. The maximum absolute atomic E-state index is 6.94. The number of benzene rings is 15. The molecule has 0 N–H and O–H groups in total. The SMILES string of the molecule is c1ccc(-c2nc(-c3ccccc3)nc(-c3ccc(N4c5ccccc5C(c5cccc6ccccc56)(c5cccc6c5oc5ccccc56)c5ccccc54)cc3)n2)cc1.c1ccc(C2(c3cccc4c3oc3ccccc34)c3ccccc3N(c3ccc(-c4nc(C56CC7CC(CC(C7)C5)C6)nc(C56CC7CC(CC(C7)C5)C6)n4)cc3)c3ccccc32)cc1. The molecule has 29 rings (SSSR count). The number of rotatable bonds is 12. The molecule has 15 aromatic carbocycles. The molecule has 10 heteroatoms. The average molecular weight is 1630 g/mol. The van der Waals surface area contributed by atoms with Gasteiger partial charge in [-0.15, -0.1) is 0 Å². The van der Waals surface area contributed by atoms with E-state index in [2.05, 4.69) is 307 Å². The first-order chi connectivity index (χ1) is 62.3. The van der Waals surface area contributed by atoms with Crippen molar-refractivity contribution < 1.29 is 8.83 Å². The first kappa shape index (κ1) is 73.3. The Morgan fingerprint density at radius 3 is 0.960 bits per heavy atom. The predicted octanol–water partition coefficient (Wildman–Crippen LogP) is 28.6. The van der Waals surface area contributed by atoms with Gasteiger partial charge in [0.2, 0.25) is 0 Å². The van der Waals surface area contributed by atoms with E-state index in [-0.39, 0.29) is 10.8 Å². The van der Waals surface area contributed by atoms with Crippen LogP contribution in [0.3, 0.4) is 0 Å². The molecule has 0 radical (unpaired) electrons. The summed E-state index contributed by atoms with van der Waals surface area (Å²) in [7, 11) is 0. The van der Waals surface area contributed by atoms with Crippen LogP contribution in [0, 0.1) is 35.5 Å². The van der Waals surface area contributed by atoms with E-state index in [1.54, 1.807) is 0 Å². The highest BCUT2D eigenvalue weighted by molar-refractivity contribution is 6.09. The van der Waals surface area contributed by atoms with E-state index in [1.165, 1.54) is 121 Å². The molecule has 0 amide bonds. The van der Waals surface area contributed by atoms with Gasteiger partial charge in [-0.25, -0.2) is 29.9 Å². The molecule has 8 saturated carbocycles. The number of anilines is 6. The van der Waals surface area contributed by atoms with Crippen molar-refractivity contribution >= 4 is 88.8 Å². The van der Waals surface area contributed by atoms with Crippen LogP contribution < -0.4 is 9.80 Å². The van der Waals surface area contributed by atoms with Crippen molar-refractivity contribution in [3.63, 3.8) is 0 Å². The molecule has 606 valence electrons. The van der Waals surface area contributed by atoms with E-state index < -0.39 is 10.8 Å². The third-order valence-corrected chi connectivity index (χ3v) is 30.3. The fourth-order valence-electron chi connectivity index (χ4n) is 26.1. The fraction of sp³-hybridized carbons (Fsp3) is 0.190. The van der Waals surface area contributed by atoms with E-state index in [4.69, 9.17) is 38.7 Å². The Bertz CT molecular complexity index is 7230. The van der Waals surface area contributed by atoms with Gasteiger partial charge in [0.15, 0.2) is 23.3 Å². The highest BCUT2D eigenvalue weighted by Gasteiger charge is 2.58. The van der Waals surface area contributed by atoms with Crippen LogP contribution in [0.4, 0.5) is 34.1 Å². The summed E-state index contributed by atoms with van der Waals surface area (Å²) in [4.78, 5) is 36.8. The Morgan fingerprint density at radius 2 is 0.532 bits per heavy atom. The second-order valence-electron chi connectivity index (χ2n) is 37.5. The van der Waals surface area contributed by atoms with Gasteiger partial charge < -0.3 is 18.6 Å². The molecule has 10 nitrogen and oxygen atoms in total. The quantitative estimate of drug-likeness (QED) is 0.117. The molecule has 4 aromatic heterocycles. The summed E-state index contributed by atoms with van der Waals surface area (Å²) in [5.74, 6) is 10.1. The lowest BCUT2D eigenvalue weighted by atomic mass is 9.49. The zero-order chi connectivity index (χ0) is 82.8. The number of aromatic nitrogens is 6. The van der Waals surface area contributed by atoms with Crippen LogP contribution >= 0.6 is 0 Å². The van der Waals surface area contributed by atoms with Gasteiger partial charge in [0.05, 0.1) is 33.6 Å². The minimum atomic E-state index is -0.759. The molecule has 0 atom stereocenters. The molecular weight excluding hydrogens is 1540 g/mol. The molecule has 19 aromatic rings. The summed E-state index contributed by atoms with van der Waals surface area (Å²) in [5, 5.41) is 6.87. The smallest absolute Gasteiger partial charge is 0.164 e. The van der Waals surface area contributed by atoms with Gasteiger partial charge in [-0.3, -0.25) is 0 Å². The first-order valence-electron chi connectivity index (χ1n) is 45.5. The lowest BCUT2D eigenvalue weighted by Gasteiger charge is -2.57. The number of para-hydroxylation sites is 8. The molecule has 2 aliphatic heterocycles. The van der Waals surface area contributed by atoms with Gasteiger partial charge in [0.25, 0.3) is 0 Å². The Balaban J connectivity index is 0.000000134. The Morgan fingerprint density at radius 1 is 0.230 bits per heavy atom. The molecular formula is C116H90N8O2. The van der Waals surface area contributed by atoms with Gasteiger partial charge >= 0.3 is 0 Å². The van der Waals surface area contributed by atoms with Crippen LogP contribution in [0.2, 0.25) is 0 Å². The Labute approximate surface area is 732 Å².